The van der Waals surface area contributed by atoms with Crippen molar-refractivity contribution in [3.63, 3.8) is 0 Å². The largest absolute Gasteiger partial charge is 0.424 e. The molecule has 9 heteroatoms. The molecule has 2 fully saturated rings. The molecule has 1 aliphatic carbocycles. The summed E-state index contributed by atoms with van der Waals surface area (Å²) in [7, 11) is 0. The van der Waals surface area contributed by atoms with E-state index < -0.39 is 5.82 Å². The fraction of sp³-hybridized carbons (Fsp3) is 0.500. The van der Waals surface area contributed by atoms with E-state index in [1.165, 1.54) is 25.0 Å². The lowest BCUT2D eigenvalue weighted by molar-refractivity contribution is 0.264. The lowest BCUT2D eigenvalue weighted by Crippen LogP contribution is -2.43. The Morgan fingerprint density at radius 1 is 1.12 bits per heavy atom. The Kier molecular flexibility index (Phi) is 6.19. The van der Waals surface area contributed by atoms with Crippen molar-refractivity contribution in [2.45, 2.75) is 46.1 Å². The second kappa shape index (κ2) is 9.25. The smallest absolute Gasteiger partial charge is 0.320 e. The maximum Gasteiger partial charge on any atom is 0.320 e. The molecular formula is C24H28ClFN6O. The number of piperidine rings is 1. The Morgan fingerprint density at radius 2 is 1.91 bits per heavy atom. The van der Waals surface area contributed by atoms with E-state index in [1.54, 1.807) is 17.1 Å². The summed E-state index contributed by atoms with van der Waals surface area (Å²) in [6.45, 7) is 6.76. The third-order valence-corrected chi connectivity index (χ3v) is 6.94. The molecule has 2 bridgehead atoms. The predicted octanol–water partition coefficient (Wildman–Crippen LogP) is 5.08. The van der Waals surface area contributed by atoms with Crippen molar-refractivity contribution in [1.29, 1.82) is 0 Å². The number of hydrogen-bond acceptors (Lipinski definition) is 6. The molecule has 0 spiro atoms. The Labute approximate surface area is 198 Å². The summed E-state index contributed by atoms with van der Waals surface area (Å²) in [5, 5.41) is 5.03. The molecule has 1 aliphatic heterocycles. The number of hydrogen-bond donors (Lipinski definition) is 0. The van der Waals surface area contributed by atoms with Gasteiger partial charge in [-0.3, -0.25) is 0 Å². The van der Waals surface area contributed by atoms with E-state index in [1.807, 2.05) is 6.92 Å². The van der Waals surface area contributed by atoms with Crippen molar-refractivity contribution < 1.29 is 9.13 Å². The zero-order valence-electron chi connectivity index (χ0n) is 18.9. The normalized spacial score (nSPS) is 22.1. The molecule has 1 saturated heterocycles. The lowest BCUT2D eigenvalue weighted by atomic mass is 9.82. The quantitative estimate of drug-likeness (QED) is 0.479. The van der Waals surface area contributed by atoms with Crippen LogP contribution in [0.1, 0.15) is 37.7 Å². The van der Waals surface area contributed by atoms with Crippen molar-refractivity contribution in [3.05, 3.63) is 53.0 Å². The molecule has 0 amide bonds. The Balaban J connectivity index is 1.32. The van der Waals surface area contributed by atoms with E-state index in [4.69, 9.17) is 26.4 Å². The van der Waals surface area contributed by atoms with Gasteiger partial charge in [0.1, 0.15) is 23.7 Å². The first-order valence-corrected chi connectivity index (χ1v) is 12.0. The van der Waals surface area contributed by atoms with Gasteiger partial charge in [-0.25, -0.2) is 19.0 Å². The minimum atomic E-state index is -0.443. The molecule has 0 N–H and O–H groups in total. The highest BCUT2D eigenvalue weighted by molar-refractivity contribution is 6.30. The second-order valence-corrected chi connectivity index (χ2v) is 9.57. The van der Waals surface area contributed by atoms with E-state index in [2.05, 4.69) is 27.9 Å². The van der Waals surface area contributed by atoms with Crippen LogP contribution in [0, 0.1) is 30.5 Å². The van der Waals surface area contributed by atoms with Crippen LogP contribution in [0.15, 0.2) is 30.6 Å². The van der Waals surface area contributed by atoms with Gasteiger partial charge < -0.3 is 9.64 Å². The summed E-state index contributed by atoms with van der Waals surface area (Å²) in [6.07, 6.45) is 5.80. The lowest BCUT2D eigenvalue weighted by Gasteiger charge is -2.38. The first kappa shape index (κ1) is 22.1. The standard InChI is InChI=1S/C24H28ClFN6O/c1-3-6-32-24(33-20-9-18(25)8-19(26)10-20)29-22(30-32)11-21-16-4-5-17(21)13-31(12-16)23-7-15(2)27-14-28-23/h7-10,14,16-17,21H,3-6,11-13H2,1-2H3/t16-,17+,21?. The number of ether oxygens (including phenoxy) is 1. The fourth-order valence-electron chi connectivity index (χ4n) is 5.26. The molecule has 2 aromatic heterocycles. The highest BCUT2D eigenvalue weighted by Gasteiger charge is 2.42. The van der Waals surface area contributed by atoms with Gasteiger partial charge in [-0.15, -0.1) is 0 Å². The molecule has 3 aromatic rings. The maximum atomic E-state index is 13.7. The third kappa shape index (κ3) is 4.81. The molecule has 1 unspecified atom stereocenters. The molecule has 1 saturated carbocycles. The first-order chi connectivity index (χ1) is 16.0. The topological polar surface area (TPSA) is 69.0 Å². The van der Waals surface area contributed by atoms with Crippen LogP contribution in [0.4, 0.5) is 10.2 Å². The van der Waals surface area contributed by atoms with Crippen molar-refractivity contribution >= 4 is 17.4 Å². The van der Waals surface area contributed by atoms with Gasteiger partial charge >= 0.3 is 6.01 Å². The number of halogens is 2. The Bertz CT molecular complexity index is 1100. The van der Waals surface area contributed by atoms with Crippen molar-refractivity contribution in [3.8, 4) is 11.8 Å². The van der Waals surface area contributed by atoms with Gasteiger partial charge in [-0.2, -0.15) is 10.1 Å². The zero-order valence-corrected chi connectivity index (χ0v) is 19.7. The van der Waals surface area contributed by atoms with E-state index in [-0.39, 0.29) is 5.02 Å². The Morgan fingerprint density at radius 3 is 2.61 bits per heavy atom. The van der Waals surface area contributed by atoms with E-state index in [0.29, 0.717) is 36.1 Å². The SMILES string of the molecule is CCCn1nc(CC2[C@@H]3CC[C@H]2CN(c2cc(C)ncn2)C3)nc1Oc1cc(F)cc(Cl)c1. The van der Waals surface area contributed by atoms with Crippen LogP contribution in [0.2, 0.25) is 5.02 Å². The van der Waals surface area contributed by atoms with Crippen LogP contribution in [0.5, 0.6) is 11.8 Å². The molecular weight excluding hydrogens is 443 g/mol. The number of aromatic nitrogens is 5. The van der Waals surface area contributed by atoms with Crippen molar-refractivity contribution in [1.82, 2.24) is 24.7 Å². The number of nitrogens with zero attached hydrogens (tertiary/aromatic N) is 6. The molecule has 3 heterocycles. The van der Waals surface area contributed by atoms with E-state index in [9.17, 15) is 4.39 Å². The molecule has 1 aromatic carbocycles. The van der Waals surface area contributed by atoms with E-state index >= 15 is 0 Å². The first-order valence-electron chi connectivity index (χ1n) is 11.6. The van der Waals surface area contributed by atoms with Gasteiger partial charge in [0.25, 0.3) is 0 Å². The molecule has 5 rings (SSSR count). The van der Waals surface area contributed by atoms with Gasteiger partial charge in [-0.1, -0.05) is 18.5 Å². The highest BCUT2D eigenvalue weighted by Crippen LogP contribution is 2.44. The average molecular weight is 471 g/mol. The number of anilines is 1. The monoisotopic (exact) mass is 470 g/mol. The highest BCUT2D eigenvalue weighted by atomic mass is 35.5. The maximum absolute atomic E-state index is 13.7. The minimum Gasteiger partial charge on any atom is -0.424 e. The number of fused-ring (bicyclic) bond motifs is 2. The fourth-order valence-corrected chi connectivity index (χ4v) is 5.48. The average Bonchev–Trinajstić information content (AvgIpc) is 3.22. The summed E-state index contributed by atoms with van der Waals surface area (Å²) in [5.74, 6) is 3.40. The second-order valence-electron chi connectivity index (χ2n) is 9.13. The third-order valence-electron chi connectivity index (χ3n) is 6.72. The summed E-state index contributed by atoms with van der Waals surface area (Å²) in [6, 6.07) is 6.59. The summed E-state index contributed by atoms with van der Waals surface area (Å²) in [4.78, 5) is 15.8. The molecule has 33 heavy (non-hydrogen) atoms. The summed E-state index contributed by atoms with van der Waals surface area (Å²) in [5.41, 5.74) is 0.993. The van der Waals surface area contributed by atoms with Crippen molar-refractivity contribution in [2.24, 2.45) is 17.8 Å². The molecule has 0 radical (unpaired) electrons. The van der Waals surface area contributed by atoms with E-state index in [0.717, 1.165) is 43.3 Å². The van der Waals surface area contributed by atoms with Gasteiger partial charge in [0.2, 0.25) is 0 Å². The summed E-state index contributed by atoms with van der Waals surface area (Å²) >= 11 is 5.98. The molecule has 3 atom stereocenters. The molecule has 7 nitrogen and oxygen atoms in total. The van der Waals surface area contributed by atoms with Crippen LogP contribution in [-0.2, 0) is 13.0 Å². The van der Waals surface area contributed by atoms with Gasteiger partial charge in [0.05, 0.1) is 0 Å². The van der Waals surface area contributed by atoms with Crippen LogP contribution < -0.4 is 9.64 Å². The Hall–Kier alpha value is -2.74. The van der Waals surface area contributed by atoms with Crippen LogP contribution >= 0.6 is 11.6 Å². The number of aryl methyl sites for hydroxylation is 2. The predicted molar refractivity (Wildman–Crippen MR) is 124 cm³/mol. The molecule has 2 aliphatic rings. The van der Waals surface area contributed by atoms with Crippen LogP contribution in [-0.4, -0.2) is 37.8 Å². The zero-order chi connectivity index (χ0) is 22.9. The van der Waals surface area contributed by atoms with Crippen LogP contribution in [0.3, 0.4) is 0 Å². The summed E-state index contributed by atoms with van der Waals surface area (Å²) < 4.78 is 21.4. The van der Waals surface area contributed by atoms with Gasteiger partial charge in [0, 0.05) is 48.9 Å². The van der Waals surface area contributed by atoms with Crippen molar-refractivity contribution in [2.75, 3.05) is 18.0 Å². The van der Waals surface area contributed by atoms with Gasteiger partial charge in [0.15, 0.2) is 5.82 Å². The number of rotatable bonds is 7. The molecule has 174 valence electrons. The van der Waals surface area contributed by atoms with Gasteiger partial charge in [-0.05, 0) is 56.1 Å². The van der Waals surface area contributed by atoms with Crippen LogP contribution in [0.25, 0.3) is 0 Å². The number of benzene rings is 1. The minimum absolute atomic E-state index is 0.286.